The summed E-state index contributed by atoms with van der Waals surface area (Å²) in [5, 5.41) is 21.1. The van der Waals surface area contributed by atoms with Crippen molar-refractivity contribution < 1.29 is 23.4 Å². The smallest absolute Gasteiger partial charge is 0.319 e. The van der Waals surface area contributed by atoms with Crippen molar-refractivity contribution in [1.82, 2.24) is 19.9 Å². The number of nitrogens with zero attached hydrogens (tertiary/aromatic N) is 6. The zero-order chi connectivity index (χ0) is 33.6. The lowest BCUT2D eigenvalue weighted by atomic mass is 9.67. The third-order valence-corrected chi connectivity index (χ3v) is 11.0. The van der Waals surface area contributed by atoms with Crippen LogP contribution in [-0.4, -0.2) is 77.0 Å². The molecular weight excluding hydrogens is 614 g/mol. The molecule has 4 heterocycles. The minimum absolute atomic E-state index is 0.0235. The summed E-state index contributed by atoms with van der Waals surface area (Å²) < 4.78 is 44.1. The monoisotopic (exact) mass is 652 g/mol. The molecule has 0 spiro atoms. The molecule has 1 aliphatic carbocycles. The number of aromatic hydroxyl groups is 1. The zero-order valence-electron chi connectivity index (χ0n) is 27.2. The Morgan fingerprint density at radius 3 is 2.81 bits per heavy atom. The van der Waals surface area contributed by atoms with Gasteiger partial charge in [0.1, 0.15) is 28.6 Å². The Morgan fingerprint density at radius 2 is 2.00 bits per heavy atom. The first kappa shape index (κ1) is 32.0. The number of pyridine rings is 1. The number of fused-ring (bicyclic) bond motifs is 3. The number of phenols is 1. The number of nitriles is 1. The fourth-order valence-corrected chi connectivity index (χ4v) is 8.29. The first-order valence-corrected chi connectivity index (χ1v) is 16.5. The van der Waals surface area contributed by atoms with E-state index in [9.17, 15) is 14.8 Å². The maximum atomic E-state index is 16.9. The highest BCUT2D eigenvalue weighted by molar-refractivity contribution is 6.03. The molecule has 3 atom stereocenters. The molecule has 9 nitrogen and oxygen atoms in total. The molecule has 1 unspecified atom stereocenters. The number of terminal acetylenes is 1. The van der Waals surface area contributed by atoms with Crippen LogP contribution in [0.2, 0.25) is 0 Å². The van der Waals surface area contributed by atoms with Gasteiger partial charge in [-0.05, 0) is 69.8 Å². The maximum absolute atomic E-state index is 16.9. The van der Waals surface area contributed by atoms with Gasteiger partial charge in [0.05, 0.1) is 36.8 Å². The van der Waals surface area contributed by atoms with Crippen LogP contribution in [0.3, 0.4) is 0 Å². The van der Waals surface area contributed by atoms with Crippen molar-refractivity contribution in [3.05, 3.63) is 47.7 Å². The first-order valence-electron chi connectivity index (χ1n) is 16.5. The highest BCUT2D eigenvalue weighted by Gasteiger charge is 2.56. The van der Waals surface area contributed by atoms with E-state index in [1.807, 2.05) is 4.90 Å². The van der Waals surface area contributed by atoms with Crippen LogP contribution in [0.25, 0.3) is 32.9 Å². The highest BCUT2D eigenvalue weighted by Crippen LogP contribution is 2.55. The number of hydrogen-bond donors (Lipinski definition) is 1. The van der Waals surface area contributed by atoms with E-state index in [1.54, 1.807) is 0 Å². The standard InChI is InChI=1S/C37H38F2N6O3/c1-4-26-29(38)8-7-24-17-25(46)18-27(30(24)26)32-31(39)33-28(19-41-32)34(45-15-16-47-21-23(20-45)9-13-40)43-35(42-33)48-22-37-11-5-10-36(37,2)44(3)14-6-12-37/h1,7-8,17-19,23,46H,5-6,9-12,14-16,20-22H2,2-3H3/t23?,36-,37-/m1/s1. The van der Waals surface area contributed by atoms with Gasteiger partial charge in [0, 0.05) is 53.5 Å². The predicted octanol–water partition coefficient (Wildman–Crippen LogP) is 6.21. The van der Waals surface area contributed by atoms with E-state index in [-0.39, 0.29) is 56.4 Å². The molecule has 1 saturated carbocycles. The van der Waals surface area contributed by atoms with E-state index in [2.05, 4.69) is 40.8 Å². The highest BCUT2D eigenvalue weighted by atomic mass is 19.1. The Morgan fingerprint density at radius 1 is 1.17 bits per heavy atom. The quantitative estimate of drug-likeness (QED) is 0.243. The van der Waals surface area contributed by atoms with E-state index in [4.69, 9.17) is 20.9 Å². The Bertz CT molecular complexity index is 1990. The van der Waals surface area contributed by atoms with Crippen molar-refractivity contribution in [1.29, 1.82) is 5.26 Å². The fraction of sp³-hybridized carbons (Fsp3) is 0.459. The third-order valence-electron chi connectivity index (χ3n) is 11.0. The molecule has 48 heavy (non-hydrogen) atoms. The van der Waals surface area contributed by atoms with Gasteiger partial charge < -0.3 is 24.4 Å². The molecule has 2 aliphatic heterocycles. The van der Waals surface area contributed by atoms with Crippen molar-refractivity contribution >= 4 is 27.5 Å². The molecular formula is C37H38F2N6O3. The lowest BCUT2D eigenvalue weighted by molar-refractivity contribution is -0.0526. The summed E-state index contributed by atoms with van der Waals surface area (Å²) >= 11 is 0. The third kappa shape index (κ3) is 5.26. The van der Waals surface area contributed by atoms with Crippen molar-refractivity contribution in [3.63, 3.8) is 0 Å². The van der Waals surface area contributed by atoms with Gasteiger partial charge in [-0.3, -0.25) is 4.98 Å². The van der Waals surface area contributed by atoms with E-state index >= 15 is 4.39 Å². The number of phenolic OH excluding ortho intramolecular Hbond substituents is 1. The summed E-state index contributed by atoms with van der Waals surface area (Å²) in [5.41, 5.74) is -0.197. The number of likely N-dealkylation sites (tertiary alicyclic amines) is 1. The molecule has 11 heteroatoms. The van der Waals surface area contributed by atoms with Crippen LogP contribution in [0.1, 0.15) is 51.0 Å². The SMILES string of the molecule is C#Cc1c(F)ccc2cc(O)cc(-c3ncc4c(N5CCOCC(CC#N)C5)nc(OC[C@@]56CCCN(C)[C@]5(C)CCC6)nc4c3F)c12. The Hall–Kier alpha value is -4.58. The summed E-state index contributed by atoms with van der Waals surface area (Å²) in [6, 6.07) is 7.76. The molecule has 248 valence electrons. The van der Waals surface area contributed by atoms with Crippen molar-refractivity contribution in [2.24, 2.45) is 11.3 Å². The molecule has 0 bridgehead atoms. The van der Waals surface area contributed by atoms with E-state index in [0.717, 1.165) is 38.6 Å². The number of hydrogen-bond acceptors (Lipinski definition) is 9. The number of piperidine rings is 1. The number of ether oxygens (including phenoxy) is 2. The van der Waals surface area contributed by atoms with Crippen LogP contribution in [0.5, 0.6) is 11.8 Å². The van der Waals surface area contributed by atoms with Crippen LogP contribution >= 0.6 is 0 Å². The summed E-state index contributed by atoms with van der Waals surface area (Å²) in [4.78, 5) is 18.4. The molecule has 3 aliphatic rings. The fourth-order valence-electron chi connectivity index (χ4n) is 8.29. The number of halogens is 2. The molecule has 2 aromatic carbocycles. The van der Waals surface area contributed by atoms with Gasteiger partial charge in [-0.25, -0.2) is 8.78 Å². The molecule has 0 amide bonds. The largest absolute Gasteiger partial charge is 0.508 e. The van der Waals surface area contributed by atoms with E-state index in [0.29, 0.717) is 55.9 Å². The number of aromatic nitrogens is 3. The van der Waals surface area contributed by atoms with Gasteiger partial charge in [0.2, 0.25) is 0 Å². The lowest BCUT2D eigenvalue weighted by Gasteiger charge is -2.53. The van der Waals surface area contributed by atoms with Gasteiger partial charge in [-0.1, -0.05) is 18.4 Å². The topological polar surface area (TPSA) is 108 Å². The van der Waals surface area contributed by atoms with Crippen LogP contribution in [0.4, 0.5) is 14.6 Å². The predicted molar refractivity (Wildman–Crippen MR) is 179 cm³/mol. The van der Waals surface area contributed by atoms with Gasteiger partial charge in [0.15, 0.2) is 5.82 Å². The molecule has 0 radical (unpaired) electrons. The molecule has 1 N–H and O–H groups in total. The van der Waals surface area contributed by atoms with E-state index in [1.165, 1.54) is 30.5 Å². The van der Waals surface area contributed by atoms with Crippen molar-refractivity contribution in [2.75, 3.05) is 51.4 Å². The summed E-state index contributed by atoms with van der Waals surface area (Å²) in [6.45, 7) is 5.50. The van der Waals surface area contributed by atoms with Crippen LogP contribution < -0.4 is 9.64 Å². The second-order valence-corrected chi connectivity index (χ2v) is 13.6. The van der Waals surface area contributed by atoms with Gasteiger partial charge in [-0.2, -0.15) is 15.2 Å². The van der Waals surface area contributed by atoms with Gasteiger partial charge in [0.25, 0.3) is 0 Å². The number of benzene rings is 2. The maximum Gasteiger partial charge on any atom is 0.319 e. The number of rotatable bonds is 6. The molecule has 4 aromatic rings. The Labute approximate surface area is 278 Å². The molecule has 2 aromatic heterocycles. The average molecular weight is 653 g/mol. The second kappa shape index (κ2) is 12.5. The average Bonchev–Trinajstić information content (AvgIpc) is 3.25. The number of anilines is 1. The minimum atomic E-state index is -0.777. The van der Waals surface area contributed by atoms with E-state index < -0.39 is 11.6 Å². The normalized spacial score (nSPS) is 24.6. The van der Waals surface area contributed by atoms with Crippen LogP contribution in [0, 0.1) is 46.6 Å². The molecule has 3 fully saturated rings. The summed E-state index contributed by atoms with van der Waals surface area (Å²) in [5.74, 6) is 1.18. The van der Waals surface area contributed by atoms with Crippen LogP contribution in [0.15, 0.2) is 30.5 Å². The summed E-state index contributed by atoms with van der Waals surface area (Å²) in [6.07, 6.45) is 12.8. The lowest BCUT2D eigenvalue weighted by Crippen LogP contribution is -2.59. The second-order valence-electron chi connectivity index (χ2n) is 13.6. The molecule has 2 saturated heterocycles. The van der Waals surface area contributed by atoms with Crippen molar-refractivity contribution in [2.45, 2.75) is 51.0 Å². The van der Waals surface area contributed by atoms with Gasteiger partial charge in [-0.15, -0.1) is 6.42 Å². The Balaban J connectivity index is 1.38. The zero-order valence-corrected chi connectivity index (χ0v) is 27.2. The van der Waals surface area contributed by atoms with Crippen LogP contribution in [-0.2, 0) is 4.74 Å². The van der Waals surface area contributed by atoms with Gasteiger partial charge >= 0.3 is 6.01 Å². The summed E-state index contributed by atoms with van der Waals surface area (Å²) in [7, 11) is 2.18. The molecule has 7 rings (SSSR count). The van der Waals surface area contributed by atoms with Crippen molar-refractivity contribution in [3.8, 4) is 41.4 Å². The first-order chi connectivity index (χ1) is 23.2. The Kier molecular flexibility index (Phi) is 8.31. The minimum Gasteiger partial charge on any atom is -0.508 e.